The topological polar surface area (TPSA) is 49.2 Å². The van der Waals surface area contributed by atoms with Gasteiger partial charge < -0.3 is 5.11 Å². The summed E-state index contributed by atoms with van der Waals surface area (Å²) in [5.74, 6) is 0. The van der Waals surface area contributed by atoms with Gasteiger partial charge in [0.25, 0.3) is 0 Å². The Hall–Kier alpha value is -0.820. The summed E-state index contributed by atoms with van der Waals surface area (Å²) < 4.78 is 3.84. The maximum Gasteiger partial charge on any atom is 0.0895 e. The molecule has 0 radical (unpaired) electrons. The van der Waals surface area contributed by atoms with Crippen LogP contribution in [0.5, 0.6) is 0 Å². The summed E-state index contributed by atoms with van der Waals surface area (Å²) in [4.78, 5) is 2.17. The lowest BCUT2D eigenvalue weighted by Gasteiger charge is -2.19. The summed E-state index contributed by atoms with van der Waals surface area (Å²) in [5.41, 5.74) is 2.25. The van der Waals surface area contributed by atoms with E-state index >= 15 is 0 Å². The van der Waals surface area contributed by atoms with Crippen LogP contribution >= 0.6 is 22.9 Å². The Morgan fingerprint density at radius 3 is 2.88 bits per heavy atom. The lowest BCUT2D eigenvalue weighted by Crippen LogP contribution is -2.26. The Balaban J connectivity index is 1.94. The van der Waals surface area contributed by atoms with Crippen molar-refractivity contribution in [2.24, 2.45) is 0 Å². The number of hydrogen-bond acceptors (Lipinski definition) is 6. The molecule has 0 atom stereocenters. The van der Waals surface area contributed by atoms with Crippen molar-refractivity contribution in [3.05, 3.63) is 33.5 Å². The van der Waals surface area contributed by atoms with Crippen molar-refractivity contribution in [3.8, 4) is 0 Å². The molecule has 0 aliphatic rings. The van der Waals surface area contributed by atoms with Crippen molar-refractivity contribution in [2.45, 2.75) is 13.1 Å². The molecule has 6 heteroatoms. The van der Waals surface area contributed by atoms with Crippen molar-refractivity contribution >= 4 is 22.9 Å². The largest absolute Gasteiger partial charge is 0.395 e. The highest BCUT2D eigenvalue weighted by molar-refractivity contribution is 7.07. The van der Waals surface area contributed by atoms with E-state index in [1.165, 1.54) is 17.1 Å². The number of thiophene rings is 1. The van der Waals surface area contributed by atoms with E-state index in [-0.39, 0.29) is 6.61 Å². The quantitative estimate of drug-likeness (QED) is 0.851. The van der Waals surface area contributed by atoms with Crippen LogP contribution < -0.4 is 0 Å². The van der Waals surface area contributed by atoms with Gasteiger partial charge in [-0.1, -0.05) is 4.49 Å². The van der Waals surface area contributed by atoms with E-state index in [2.05, 4.69) is 31.3 Å². The molecule has 1 N–H and O–H groups in total. The third-order valence-electron chi connectivity index (χ3n) is 2.19. The van der Waals surface area contributed by atoms with Crippen LogP contribution in [-0.4, -0.2) is 32.7 Å². The maximum atomic E-state index is 9.02. The molecule has 2 aromatic heterocycles. The second-order valence-corrected chi connectivity index (χ2v) is 4.85. The van der Waals surface area contributed by atoms with E-state index in [0.29, 0.717) is 6.54 Å². The Morgan fingerprint density at radius 2 is 2.25 bits per heavy atom. The summed E-state index contributed by atoms with van der Waals surface area (Å²) in [6, 6.07) is 2.11. The Labute approximate surface area is 102 Å². The lowest BCUT2D eigenvalue weighted by molar-refractivity contribution is 0.183. The summed E-state index contributed by atoms with van der Waals surface area (Å²) in [6.07, 6.45) is 0. The number of rotatable bonds is 6. The van der Waals surface area contributed by atoms with Gasteiger partial charge in [0.1, 0.15) is 0 Å². The highest BCUT2D eigenvalue weighted by atomic mass is 32.1. The summed E-state index contributed by atoms with van der Waals surface area (Å²) >= 11 is 3.05. The molecule has 0 aliphatic heterocycles. The molecular formula is C10H13N3OS2. The molecule has 2 heterocycles. The maximum absolute atomic E-state index is 9.02. The van der Waals surface area contributed by atoms with Crippen LogP contribution in [0.25, 0.3) is 0 Å². The van der Waals surface area contributed by atoms with Gasteiger partial charge in [0.05, 0.1) is 12.3 Å². The normalized spacial score (nSPS) is 11.1. The minimum absolute atomic E-state index is 0.168. The summed E-state index contributed by atoms with van der Waals surface area (Å²) in [5, 5.41) is 19.2. The zero-order chi connectivity index (χ0) is 11.2. The van der Waals surface area contributed by atoms with E-state index in [1.807, 2.05) is 5.38 Å². The second kappa shape index (κ2) is 6.05. The fourth-order valence-electron chi connectivity index (χ4n) is 1.48. The highest BCUT2D eigenvalue weighted by Crippen LogP contribution is 2.11. The Morgan fingerprint density at radius 1 is 1.31 bits per heavy atom. The first-order valence-electron chi connectivity index (χ1n) is 4.98. The molecule has 0 bridgehead atoms. The number of aromatic nitrogens is 2. The monoisotopic (exact) mass is 255 g/mol. The average Bonchev–Trinajstić information content (AvgIpc) is 2.91. The van der Waals surface area contributed by atoms with Crippen LogP contribution in [0.4, 0.5) is 0 Å². The van der Waals surface area contributed by atoms with Gasteiger partial charge in [0.2, 0.25) is 0 Å². The van der Waals surface area contributed by atoms with Gasteiger partial charge in [-0.15, -0.1) is 5.10 Å². The molecule has 2 aromatic rings. The minimum atomic E-state index is 0.168. The molecule has 4 nitrogen and oxygen atoms in total. The van der Waals surface area contributed by atoms with E-state index in [9.17, 15) is 0 Å². The fourth-order valence-corrected chi connectivity index (χ4v) is 2.58. The van der Waals surface area contributed by atoms with Gasteiger partial charge in [0, 0.05) is 25.0 Å². The van der Waals surface area contributed by atoms with Crippen LogP contribution in [0, 0.1) is 0 Å². The standard InChI is InChI=1S/C10H13N3OS2/c14-3-2-13(5-9-1-4-15-7-9)6-10-8-16-12-11-10/h1,4,7-8,14H,2-3,5-6H2. The summed E-state index contributed by atoms with van der Waals surface area (Å²) in [7, 11) is 0. The molecule has 0 spiro atoms. The van der Waals surface area contributed by atoms with Crippen LogP contribution in [0.15, 0.2) is 22.2 Å². The molecule has 0 unspecified atom stereocenters. The minimum Gasteiger partial charge on any atom is -0.395 e. The highest BCUT2D eigenvalue weighted by Gasteiger charge is 2.08. The first-order valence-corrected chi connectivity index (χ1v) is 6.76. The smallest absolute Gasteiger partial charge is 0.0895 e. The van der Waals surface area contributed by atoms with Crippen molar-refractivity contribution in [1.82, 2.24) is 14.5 Å². The average molecular weight is 255 g/mol. The van der Waals surface area contributed by atoms with Gasteiger partial charge in [-0.3, -0.25) is 4.90 Å². The van der Waals surface area contributed by atoms with Crippen molar-refractivity contribution in [2.75, 3.05) is 13.2 Å². The van der Waals surface area contributed by atoms with Crippen LogP contribution in [0.3, 0.4) is 0 Å². The zero-order valence-electron chi connectivity index (χ0n) is 8.74. The van der Waals surface area contributed by atoms with Crippen LogP contribution in [0.1, 0.15) is 11.3 Å². The van der Waals surface area contributed by atoms with Crippen LogP contribution in [0.2, 0.25) is 0 Å². The Kier molecular flexibility index (Phi) is 4.41. The van der Waals surface area contributed by atoms with E-state index in [0.717, 1.165) is 18.8 Å². The number of hydrogen-bond donors (Lipinski definition) is 1. The van der Waals surface area contributed by atoms with Crippen molar-refractivity contribution in [1.29, 1.82) is 0 Å². The molecule has 0 fully saturated rings. The predicted molar refractivity (Wildman–Crippen MR) is 65.4 cm³/mol. The Bertz CT molecular complexity index is 352. The van der Waals surface area contributed by atoms with E-state index in [1.54, 1.807) is 11.3 Å². The zero-order valence-corrected chi connectivity index (χ0v) is 10.4. The van der Waals surface area contributed by atoms with Gasteiger partial charge >= 0.3 is 0 Å². The number of nitrogens with zero attached hydrogens (tertiary/aromatic N) is 3. The van der Waals surface area contributed by atoms with E-state index < -0.39 is 0 Å². The molecule has 0 aliphatic carbocycles. The summed E-state index contributed by atoms with van der Waals surface area (Å²) in [6.45, 7) is 2.42. The number of aliphatic hydroxyl groups is 1. The fraction of sp³-hybridized carbons (Fsp3) is 0.400. The molecule has 0 saturated heterocycles. The first kappa shape index (κ1) is 11.7. The van der Waals surface area contributed by atoms with Gasteiger partial charge in [-0.05, 0) is 33.9 Å². The van der Waals surface area contributed by atoms with Gasteiger partial charge in [-0.25, -0.2) is 0 Å². The molecule has 0 amide bonds. The first-order chi connectivity index (χ1) is 7.88. The molecule has 0 aromatic carbocycles. The third kappa shape index (κ3) is 3.34. The molecule has 2 rings (SSSR count). The SMILES string of the molecule is OCCN(Cc1ccsc1)Cc1csnn1. The van der Waals surface area contributed by atoms with Crippen molar-refractivity contribution in [3.63, 3.8) is 0 Å². The predicted octanol–water partition coefficient (Wildman–Crippen LogP) is 1.59. The molecule has 16 heavy (non-hydrogen) atoms. The van der Waals surface area contributed by atoms with Crippen molar-refractivity contribution < 1.29 is 5.11 Å². The lowest BCUT2D eigenvalue weighted by atomic mass is 10.3. The van der Waals surface area contributed by atoms with Gasteiger partial charge in [-0.2, -0.15) is 11.3 Å². The third-order valence-corrected chi connectivity index (χ3v) is 3.48. The molecular weight excluding hydrogens is 242 g/mol. The van der Waals surface area contributed by atoms with Crippen LogP contribution in [-0.2, 0) is 13.1 Å². The van der Waals surface area contributed by atoms with E-state index in [4.69, 9.17) is 5.11 Å². The van der Waals surface area contributed by atoms with Gasteiger partial charge in [0.15, 0.2) is 0 Å². The molecule has 86 valence electrons. The number of aliphatic hydroxyl groups excluding tert-OH is 1. The second-order valence-electron chi connectivity index (χ2n) is 3.46. The molecule has 0 saturated carbocycles.